The summed E-state index contributed by atoms with van der Waals surface area (Å²) in [5.41, 5.74) is 0. The van der Waals surface area contributed by atoms with Gasteiger partial charge in [0.05, 0.1) is 25.4 Å². The number of esters is 1. The van der Waals surface area contributed by atoms with Gasteiger partial charge in [0.1, 0.15) is 0 Å². The van der Waals surface area contributed by atoms with Gasteiger partial charge >= 0.3 is 5.97 Å². The van der Waals surface area contributed by atoms with E-state index in [0.717, 1.165) is 51.4 Å². The summed E-state index contributed by atoms with van der Waals surface area (Å²) < 4.78 is 5.49. The fraction of sp³-hybridized carbons (Fsp3) is 0.867. The minimum atomic E-state index is -0.846. The number of amides is 1. The third kappa shape index (κ3) is 51.5. The lowest BCUT2D eigenvalue weighted by Gasteiger charge is -2.20. The first-order valence-corrected chi connectivity index (χ1v) is 29.3. The van der Waals surface area contributed by atoms with Gasteiger partial charge in [0.15, 0.2) is 0 Å². The van der Waals surface area contributed by atoms with Crippen LogP contribution in [0.15, 0.2) is 36.5 Å². The number of unbranched alkanes of at least 4 members (excludes halogenated alkanes) is 39. The maximum atomic E-state index is 12.4. The van der Waals surface area contributed by atoms with Gasteiger partial charge in [0.25, 0.3) is 0 Å². The minimum Gasteiger partial charge on any atom is -0.466 e. The van der Waals surface area contributed by atoms with Gasteiger partial charge in [-0.25, -0.2) is 0 Å². The van der Waals surface area contributed by atoms with Crippen LogP contribution < -0.4 is 5.32 Å². The maximum absolute atomic E-state index is 12.4. The highest BCUT2D eigenvalue weighted by Gasteiger charge is 2.18. The number of hydrogen-bond donors (Lipinski definition) is 3. The second kappa shape index (κ2) is 55.7. The molecule has 66 heavy (non-hydrogen) atoms. The Morgan fingerprint density at radius 3 is 1.08 bits per heavy atom. The van der Waals surface area contributed by atoms with Crippen molar-refractivity contribution in [3.05, 3.63) is 36.5 Å². The number of carbonyl (C=O) groups excluding carboxylic acids is 2. The van der Waals surface area contributed by atoms with E-state index in [9.17, 15) is 19.8 Å². The number of allylic oxidation sites excluding steroid dienone is 5. The van der Waals surface area contributed by atoms with Crippen LogP contribution in [0.2, 0.25) is 0 Å². The number of aliphatic hydroxyl groups is 2. The molecule has 388 valence electrons. The molecule has 0 rings (SSSR count). The lowest BCUT2D eigenvalue weighted by Crippen LogP contribution is -2.45. The number of rotatable bonds is 54. The van der Waals surface area contributed by atoms with Crippen molar-refractivity contribution in [1.29, 1.82) is 0 Å². The third-order valence-electron chi connectivity index (χ3n) is 13.4. The van der Waals surface area contributed by atoms with Crippen molar-refractivity contribution in [3.8, 4) is 0 Å². The van der Waals surface area contributed by atoms with Crippen molar-refractivity contribution >= 4 is 11.9 Å². The molecule has 6 nitrogen and oxygen atoms in total. The van der Waals surface area contributed by atoms with E-state index in [2.05, 4.69) is 43.5 Å². The molecule has 1 amide bonds. The Hall–Kier alpha value is -1.92. The lowest BCUT2D eigenvalue weighted by atomic mass is 10.0. The average Bonchev–Trinajstić information content (AvgIpc) is 3.32. The third-order valence-corrected chi connectivity index (χ3v) is 13.4. The van der Waals surface area contributed by atoms with Gasteiger partial charge in [-0.1, -0.05) is 249 Å². The number of hydrogen-bond acceptors (Lipinski definition) is 5. The van der Waals surface area contributed by atoms with Crippen LogP contribution >= 0.6 is 0 Å². The Labute approximate surface area is 411 Å². The van der Waals surface area contributed by atoms with Crippen LogP contribution in [0.25, 0.3) is 0 Å². The molecule has 0 saturated heterocycles. The van der Waals surface area contributed by atoms with Crippen molar-refractivity contribution in [2.24, 2.45) is 0 Å². The topological polar surface area (TPSA) is 95.9 Å². The molecule has 0 fully saturated rings. The van der Waals surface area contributed by atoms with Gasteiger partial charge in [-0.15, -0.1) is 0 Å². The molecule has 3 N–H and O–H groups in total. The number of carbonyl (C=O) groups is 2. The molecule has 0 spiro atoms. The zero-order chi connectivity index (χ0) is 47.9. The summed E-state index contributed by atoms with van der Waals surface area (Å²) in [6.45, 7) is 4.87. The molecule has 0 aliphatic heterocycles. The van der Waals surface area contributed by atoms with E-state index in [4.69, 9.17) is 4.74 Å². The molecule has 6 heteroatoms. The molecule has 2 unspecified atom stereocenters. The smallest absolute Gasteiger partial charge is 0.305 e. The molecule has 2 atom stereocenters. The fourth-order valence-corrected chi connectivity index (χ4v) is 8.86. The first kappa shape index (κ1) is 64.1. The molecule has 0 radical (unpaired) electrons. The summed E-state index contributed by atoms with van der Waals surface area (Å²) >= 11 is 0. The highest BCUT2D eigenvalue weighted by Crippen LogP contribution is 2.16. The first-order valence-electron chi connectivity index (χ1n) is 29.3. The highest BCUT2D eigenvalue weighted by molar-refractivity contribution is 5.76. The van der Waals surface area contributed by atoms with Crippen LogP contribution in [0.1, 0.15) is 309 Å². The maximum Gasteiger partial charge on any atom is 0.305 e. The van der Waals surface area contributed by atoms with E-state index in [1.807, 2.05) is 6.08 Å². The molecule has 0 bridgehead atoms. The second-order valence-electron chi connectivity index (χ2n) is 20.0. The Bertz CT molecular complexity index is 1070. The van der Waals surface area contributed by atoms with E-state index in [1.54, 1.807) is 6.08 Å². The van der Waals surface area contributed by atoms with Crippen LogP contribution in [-0.2, 0) is 14.3 Å². The fourth-order valence-electron chi connectivity index (χ4n) is 8.86. The van der Waals surface area contributed by atoms with Crippen molar-refractivity contribution in [2.75, 3.05) is 13.2 Å². The molecule has 0 aromatic rings. The SMILES string of the molecule is CCCCCCCC/C=C\CCCCCCCCCC(=O)OCCCCCCCCCCCCCC/C=C\CCCCCCCCCC(=O)NC(CO)C(O)/C=C/CCCCCCCCC. The predicted molar refractivity (Wildman–Crippen MR) is 287 cm³/mol. The summed E-state index contributed by atoms with van der Waals surface area (Å²) in [7, 11) is 0. The van der Waals surface area contributed by atoms with E-state index in [-0.39, 0.29) is 18.5 Å². The standard InChI is InChI=1S/C60H113NO5/c1-3-5-7-9-11-13-14-15-16-24-28-31-34-38-42-46-50-54-60(65)66-55-51-47-43-39-35-32-29-26-23-21-19-17-18-20-22-25-27-30-33-37-41-45-49-53-59(64)61-57(56-62)58(63)52-48-44-40-36-12-10-8-6-4-2/h15-16,20,22,48,52,57-58,62-63H,3-14,17-19,21,23-47,49-51,53-56H2,1-2H3,(H,61,64)/b16-15-,22-20-,52-48+. The zero-order valence-corrected chi connectivity index (χ0v) is 44.2. The van der Waals surface area contributed by atoms with E-state index < -0.39 is 12.1 Å². The summed E-state index contributed by atoms with van der Waals surface area (Å²) in [5, 5.41) is 22.9. The quantitative estimate of drug-likeness (QED) is 0.0321. The number of aliphatic hydroxyl groups excluding tert-OH is 2. The van der Waals surface area contributed by atoms with Gasteiger partial charge in [-0.2, -0.15) is 0 Å². The zero-order valence-electron chi connectivity index (χ0n) is 44.2. The summed E-state index contributed by atoms with van der Waals surface area (Å²) in [6.07, 6.45) is 69.0. The highest BCUT2D eigenvalue weighted by atomic mass is 16.5. The van der Waals surface area contributed by atoms with Gasteiger partial charge in [-0.05, 0) is 83.5 Å². The van der Waals surface area contributed by atoms with E-state index >= 15 is 0 Å². The molecule has 0 saturated carbocycles. The van der Waals surface area contributed by atoms with Crippen molar-refractivity contribution < 1.29 is 24.5 Å². The van der Waals surface area contributed by atoms with Crippen molar-refractivity contribution in [1.82, 2.24) is 5.32 Å². The molecule has 0 aliphatic rings. The molecule has 0 aromatic carbocycles. The second-order valence-corrected chi connectivity index (χ2v) is 20.0. The molecule has 0 aliphatic carbocycles. The first-order chi connectivity index (χ1) is 32.5. The molecular formula is C60H113NO5. The van der Waals surface area contributed by atoms with Crippen molar-refractivity contribution in [2.45, 2.75) is 321 Å². The monoisotopic (exact) mass is 928 g/mol. The van der Waals surface area contributed by atoms with Gasteiger partial charge in [0, 0.05) is 12.8 Å². The summed E-state index contributed by atoms with van der Waals surface area (Å²) in [6, 6.07) is -0.630. The van der Waals surface area contributed by atoms with Crippen LogP contribution in [0.3, 0.4) is 0 Å². The van der Waals surface area contributed by atoms with Gasteiger partial charge in [0.2, 0.25) is 5.91 Å². The largest absolute Gasteiger partial charge is 0.466 e. The molecule has 0 heterocycles. The van der Waals surface area contributed by atoms with Crippen LogP contribution in [0, 0.1) is 0 Å². The Kier molecular flexibility index (Phi) is 54.1. The van der Waals surface area contributed by atoms with Crippen molar-refractivity contribution in [3.63, 3.8) is 0 Å². The van der Waals surface area contributed by atoms with Crippen LogP contribution in [0.4, 0.5) is 0 Å². The Morgan fingerprint density at radius 1 is 0.409 bits per heavy atom. The summed E-state index contributed by atoms with van der Waals surface area (Å²) in [5.74, 6) is -0.0699. The number of nitrogens with one attached hydrogen (secondary N) is 1. The molecular weight excluding hydrogens is 815 g/mol. The van der Waals surface area contributed by atoms with Crippen LogP contribution in [0.5, 0.6) is 0 Å². The normalized spacial score (nSPS) is 12.8. The van der Waals surface area contributed by atoms with Crippen LogP contribution in [-0.4, -0.2) is 47.4 Å². The minimum absolute atomic E-state index is 0.00723. The Morgan fingerprint density at radius 2 is 0.712 bits per heavy atom. The number of ether oxygens (including phenoxy) is 1. The average molecular weight is 929 g/mol. The predicted octanol–water partition coefficient (Wildman–Crippen LogP) is 18.0. The van der Waals surface area contributed by atoms with E-state index in [0.29, 0.717) is 19.4 Å². The van der Waals surface area contributed by atoms with Gasteiger partial charge < -0.3 is 20.3 Å². The Balaban J connectivity index is 3.39. The summed E-state index contributed by atoms with van der Waals surface area (Å²) in [4.78, 5) is 24.4. The molecule has 0 aromatic heterocycles. The van der Waals surface area contributed by atoms with E-state index in [1.165, 1.54) is 231 Å². The van der Waals surface area contributed by atoms with Gasteiger partial charge in [-0.3, -0.25) is 9.59 Å². The lowest BCUT2D eigenvalue weighted by molar-refractivity contribution is -0.143.